The Balaban J connectivity index is 0. The average molecular weight is 145 g/mol. The lowest BCUT2D eigenvalue weighted by Crippen LogP contribution is -1.96. The molecule has 0 aromatic carbocycles. The minimum atomic E-state index is -0.139. The van der Waals surface area contributed by atoms with Crippen molar-refractivity contribution in [2.75, 3.05) is 0 Å². The molecule has 0 aliphatic carbocycles. The first-order chi connectivity index (χ1) is 4.15. The first kappa shape index (κ1) is 11.3. The van der Waals surface area contributed by atoms with Gasteiger partial charge in [-0.25, -0.2) is 0 Å². The first-order valence-electron chi connectivity index (χ1n) is 2.95. The van der Waals surface area contributed by atoms with Gasteiger partial charge in [0.1, 0.15) is 0 Å². The number of hydrogen-bond acceptors (Lipinski definition) is 1. The molecule has 1 amide bonds. The number of carbonyl (C=O) groups excluding carboxylic acids is 1. The van der Waals surface area contributed by atoms with E-state index in [1.807, 2.05) is 0 Å². The smallest absolute Gasteiger partial charge is 0.211 e. The van der Waals surface area contributed by atoms with Crippen LogP contribution in [0.25, 0.3) is 0 Å². The van der Waals surface area contributed by atoms with Crippen LogP contribution in [0.1, 0.15) is 0 Å². The zero-order valence-electron chi connectivity index (χ0n) is 6.35. The lowest BCUT2D eigenvalue weighted by atomic mass is 11.0. The second kappa shape index (κ2) is 10.4. The van der Waals surface area contributed by atoms with Gasteiger partial charge in [0, 0.05) is 8.80 Å². The van der Waals surface area contributed by atoms with E-state index in [0.717, 1.165) is 0 Å². The predicted molar refractivity (Wildman–Crippen MR) is 44.1 cm³/mol. The summed E-state index contributed by atoms with van der Waals surface area (Å²) < 4.78 is 0. The van der Waals surface area contributed by atoms with E-state index in [4.69, 9.17) is 0 Å². The summed E-state index contributed by atoms with van der Waals surface area (Å²) in [5.41, 5.74) is 0. The van der Waals surface area contributed by atoms with Crippen LogP contribution in [0.5, 0.6) is 0 Å². The maximum atomic E-state index is 9.22. The highest BCUT2D eigenvalue weighted by atomic mass is 28.3. The van der Waals surface area contributed by atoms with Gasteiger partial charge in [-0.15, -0.1) is 0 Å². The summed E-state index contributed by atoms with van der Waals surface area (Å²) in [5, 5.41) is 2.19. The van der Waals surface area contributed by atoms with Crippen LogP contribution in [-0.2, 0) is 4.79 Å². The summed E-state index contributed by atoms with van der Waals surface area (Å²) in [6.45, 7) is 10.1. The molecule has 2 nitrogen and oxygen atoms in total. The van der Waals surface area contributed by atoms with Crippen molar-refractivity contribution in [3.05, 3.63) is 12.8 Å². The van der Waals surface area contributed by atoms with Crippen LogP contribution in [0.3, 0.4) is 0 Å². The van der Waals surface area contributed by atoms with E-state index >= 15 is 0 Å². The zero-order valence-corrected chi connectivity index (χ0v) is 7.50. The Labute approximate surface area is 58.6 Å². The van der Waals surface area contributed by atoms with E-state index in [1.165, 1.54) is 6.20 Å². The lowest BCUT2D eigenvalue weighted by Gasteiger charge is -1.75. The van der Waals surface area contributed by atoms with Crippen molar-refractivity contribution in [3.63, 3.8) is 0 Å². The van der Waals surface area contributed by atoms with Crippen LogP contribution in [0, 0.1) is 0 Å². The van der Waals surface area contributed by atoms with Crippen molar-refractivity contribution in [2.24, 2.45) is 0 Å². The Morgan fingerprint density at radius 1 is 1.44 bits per heavy atom. The Bertz CT molecular complexity index is 64.7. The Hall–Kier alpha value is -0.573. The predicted octanol–water partition coefficient (Wildman–Crippen LogP) is 0.979. The molecule has 1 N–H and O–H groups in total. The summed E-state index contributed by atoms with van der Waals surface area (Å²) >= 11 is 0. The van der Waals surface area contributed by atoms with E-state index in [9.17, 15) is 4.79 Å². The van der Waals surface area contributed by atoms with Crippen molar-refractivity contribution < 1.29 is 4.79 Å². The van der Waals surface area contributed by atoms with Crippen LogP contribution >= 0.6 is 0 Å². The molecule has 0 atom stereocenters. The van der Waals surface area contributed by atoms with E-state index in [1.54, 1.807) is 0 Å². The normalized spacial score (nSPS) is 7.11. The molecular weight excluding hydrogens is 130 g/mol. The highest BCUT2D eigenvalue weighted by Gasteiger charge is 1.71. The van der Waals surface area contributed by atoms with Gasteiger partial charge in [-0.3, -0.25) is 4.79 Å². The number of hydrogen-bond donors (Lipinski definition) is 1. The minimum Gasteiger partial charge on any atom is -0.336 e. The molecule has 9 heavy (non-hydrogen) atoms. The highest BCUT2D eigenvalue weighted by Crippen LogP contribution is 1.68. The topological polar surface area (TPSA) is 29.1 Å². The molecule has 0 aromatic rings. The number of nitrogens with one attached hydrogen (secondary N) is 1. The standard InChI is InChI=1S/C3H5NO.C3H10Si/c1-2-4-3-5;1-4(2)3/h2-3H,1H2,(H,4,5);4H,1-3H3. The van der Waals surface area contributed by atoms with E-state index in [2.05, 4.69) is 31.5 Å². The fourth-order valence-corrected chi connectivity index (χ4v) is 0.0481. The maximum Gasteiger partial charge on any atom is 0.211 e. The zero-order chi connectivity index (χ0) is 7.70. The monoisotopic (exact) mass is 145 g/mol. The summed E-state index contributed by atoms with van der Waals surface area (Å²) in [6.07, 6.45) is 1.88. The quantitative estimate of drug-likeness (QED) is 0.455. The van der Waals surface area contributed by atoms with Crippen LogP contribution in [-0.4, -0.2) is 15.2 Å². The maximum absolute atomic E-state index is 9.22. The molecule has 0 aromatic heterocycles. The van der Waals surface area contributed by atoms with E-state index < -0.39 is 0 Å². The molecule has 3 heteroatoms. The van der Waals surface area contributed by atoms with Gasteiger partial charge in [0.05, 0.1) is 0 Å². The summed E-state index contributed by atoms with van der Waals surface area (Å²) in [5.74, 6) is 0. The molecular formula is C6H15NOSi. The van der Waals surface area contributed by atoms with Gasteiger partial charge in [-0.1, -0.05) is 26.2 Å². The number of carbonyl (C=O) groups is 1. The van der Waals surface area contributed by atoms with Crippen molar-refractivity contribution in [1.82, 2.24) is 5.32 Å². The molecule has 0 spiro atoms. The van der Waals surface area contributed by atoms with Gasteiger partial charge in [0.15, 0.2) is 0 Å². The van der Waals surface area contributed by atoms with Crippen molar-refractivity contribution in [2.45, 2.75) is 19.6 Å². The average Bonchev–Trinajstić information content (AvgIpc) is 1.66. The molecule has 0 aliphatic heterocycles. The summed E-state index contributed by atoms with van der Waals surface area (Å²) in [6, 6.07) is 0. The number of amides is 1. The van der Waals surface area contributed by atoms with Gasteiger partial charge in [-0.05, 0) is 6.20 Å². The van der Waals surface area contributed by atoms with Crippen LogP contribution in [0.2, 0.25) is 19.6 Å². The third kappa shape index (κ3) is 107. The van der Waals surface area contributed by atoms with E-state index in [-0.39, 0.29) is 8.80 Å². The van der Waals surface area contributed by atoms with Gasteiger partial charge >= 0.3 is 0 Å². The van der Waals surface area contributed by atoms with Crippen LogP contribution in [0.4, 0.5) is 0 Å². The third-order valence-corrected chi connectivity index (χ3v) is 0.186. The highest BCUT2D eigenvalue weighted by molar-refractivity contribution is 6.54. The molecule has 0 aliphatic rings. The fraction of sp³-hybridized carbons (Fsp3) is 0.500. The Morgan fingerprint density at radius 3 is 1.78 bits per heavy atom. The van der Waals surface area contributed by atoms with Gasteiger partial charge in [0.25, 0.3) is 0 Å². The first-order valence-corrected chi connectivity index (χ1v) is 6.42. The van der Waals surface area contributed by atoms with Gasteiger partial charge < -0.3 is 5.32 Å². The molecule has 0 bridgehead atoms. The summed E-state index contributed by atoms with van der Waals surface area (Å²) in [7, 11) is -0.139. The molecule has 0 saturated carbocycles. The second-order valence-corrected chi connectivity index (χ2v) is 5.68. The summed E-state index contributed by atoms with van der Waals surface area (Å²) in [4.78, 5) is 9.22. The largest absolute Gasteiger partial charge is 0.336 e. The second-order valence-electron chi connectivity index (χ2n) is 2.22. The molecule has 0 radical (unpaired) electrons. The molecule has 54 valence electrons. The lowest BCUT2D eigenvalue weighted by molar-refractivity contribution is -0.108. The molecule has 0 rings (SSSR count). The van der Waals surface area contributed by atoms with Crippen molar-refractivity contribution in [3.8, 4) is 0 Å². The third-order valence-electron chi connectivity index (χ3n) is 0.186. The Morgan fingerprint density at radius 2 is 1.78 bits per heavy atom. The van der Waals surface area contributed by atoms with Gasteiger partial charge in [-0.2, -0.15) is 0 Å². The molecule has 0 unspecified atom stereocenters. The molecule has 0 heterocycles. The number of rotatable bonds is 2. The van der Waals surface area contributed by atoms with Crippen molar-refractivity contribution >= 4 is 15.2 Å². The SMILES string of the molecule is C=CNC=O.C[SiH](C)C. The minimum absolute atomic E-state index is 0.139. The van der Waals surface area contributed by atoms with Crippen LogP contribution in [0.15, 0.2) is 12.8 Å². The fourth-order valence-electron chi connectivity index (χ4n) is 0.0481. The van der Waals surface area contributed by atoms with Crippen molar-refractivity contribution in [1.29, 1.82) is 0 Å². The van der Waals surface area contributed by atoms with Crippen LogP contribution < -0.4 is 5.32 Å². The molecule has 0 fully saturated rings. The van der Waals surface area contributed by atoms with Gasteiger partial charge in [0.2, 0.25) is 6.41 Å². The molecule has 0 saturated heterocycles. The van der Waals surface area contributed by atoms with E-state index in [0.29, 0.717) is 6.41 Å². The Kier molecular flexibility index (Phi) is 13.0.